The van der Waals surface area contributed by atoms with Crippen LogP contribution in [-0.4, -0.2) is 59.0 Å². The average Bonchev–Trinajstić information content (AvgIpc) is 2.68. The maximum atomic E-state index is 12.2. The summed E-state index contributed by atoms with van der Waals surface area (Å²) >= 11 is 0. The number of aliphatic hydroxyl groups is 1. The summed E-state index contributed by atoms with van der Waals surface area (Å²) in [6.07, 6.45) is 7.02. The van der Waals surface area contributed by atoms with Crippen molar-refractivity contribution in [2.24, 2.45) is 0 Å². The molecule has 1 N–H and O–H groups in total. The molecule has 0 saturated heterocycles. The molecule has 5 heteroatoms. The van der Waals surface area contributed by atoms with Crippen molar-refractivity contribution < 1.29 is 14.7 Å². The van der Waals surface area contributed by atoms with Crippen LogP contribution in [0.15, 0.2) is 12.7 Å². The standard InChI is InChI=1S/C16H28N2O3/c1-4-14(19)18(5-2)12-15(20)17(3)13-16(21)10-8-6-7-9-11-16/h4,21H,1,5-13H2,2-3H3. The molecular formula is C16H28N2O3. The highest BCUT2D eigenvalue weighted by molar-refractivity contribution is 5.90. The van der Waals surface area contributed by atoms with Crippen LogP contribution in [0.5, 0.6) is 0 Å². The molecule has 1 rings (SSSR count). The van der Waals surface area contributed by atoms with E-state index in [-0.39, 0.29) is 18.4 Å². The number of carbonyl (C=O) groups is 2. The molecule has 0 bridgehead atoms. The summed E-state index contributed by atoms with van der Waals surface area (Å²) in [5.74, 6) is -0.392. The highest BCUT2D eigenvalue weighted by Crippen LogP contribution is 2.27. The molecule has 0 aromatic carbocycles. The van der Waals surface area contributed by atoms with Gasteiger partial charge in [0, 0.05) is 20.1 Å². The van der Waals surface area contributed by atoms with Crippen LogP contribution in [0.2, 0.25) is 0 Å². The third-order valence-electron chi connectivity index (χ3n) is 4.19. The van der Waals surface area contributed by atoms with Gasteiger partial charge in [-0.3, -0.25) is 9.59 Å². The predicted molar refractivity (Wildman–Crippen MR) is 82.7 cm³/mol. The second kappa shape index (κ2) is 8.17. The van der Waals surface area contributed by atoms with E-state index in [4.69, 9.17) is 0 Å². The number of nitrogens with zero attached hydrogens (tertiary/aromatic N) is 2. The largest absolute Gasteiger partial charge is 0.388 e. The van der Waals surface area contributed by atoms with Crippen LogP contribution in [0.3, 0.4) is 0 Å². The minimum absolute atomic E-state index is 0.0356. The normalized spacial score (nSPS) is 17.7. The lowest BCUT2D eigenvalue weighted by molar-refractivity contribution is -0.139. The third-order valence-corrected chi connectivity index (χ3v) is 4.19. The quantitative estimate of drug-likeness (QED) is 0.598. The maximum absolute atomic E-state index is 12.2. The van der Waals surface area contributed by atoms with Crippen LogP contribution in [-0.2, 0) is 9.59 Å². The molecule has 0 radical (unpaired) electrons. The van der Waals surface area contributed by atoms with Crippen LogP contribution in [0.1, 0.15) is 45.4 Å². The Morgan fingerprint density at radius 3 is 2.29 bits per heavy atom. The van der Waals surface area contributed by atoms with E-state index >= 15 is 0 Å². The summed E-state index contributed by atoms with van der Waals surface area (Å²) in [6, 6.07) is 0. The molecular weight excluding hydrogens is 268 g/mol. The molecule has 1 aliphatic carbocycles. The second-order valence-corrected chi connectivity index (χ2v) is 5.94. The zero-order chi connectivity index (χ0) is 15.9. The van der Waals surface area contributed by atoms with Crippen LogP contribution in [0, 0.1) is 0 Å². The number of carbonyl (C=O) groups excluding carboxylic acids is 2. The van der Waals surface area contributed by atoms with Crippen molar-refractivity contribution >= 4 is 11.8 Å². The molecule has 120 valence electrons. The molecule has 0 spiro atoms. The lowest BCUT2D eigenvalue weighted by Crippen LogP contribution is -2.47. The first-order chi connectivity index (χ1) is 9.91. The Labute approximate surface area is 127 Å². The molecule has 1 fully saturated rings. The topological polar surface area (TPSA) is 60.9 Å². The fourth-order valence-electron chi connectivity index (χ4n) is 2.83. The lowest BCUT2D eigenvalue weighted by atomic mass is 9.94. The Kier molecular flexibility index (Phi) is 6.89. The average molecular weight is 296 g/mol. The monoisotopic (exact) mass is 296 g/mol. The molecule has 2 amide bonds. The van der Waals surface area contributed by atoms with Crippen LogP contribution in [0.25, 0.3) is 0 Å². The SMILES string of the molecule is C=CC(=O)N(CC)CC(=O)N(C)CC1(O)CCCCCC1. The summed E-state index contributed by atoms with van der Waals surface area (Å²) in [5, 5.41) is 10.6. The second-order valence-electron chi connectivity index (χ2n) is 5.94. The number of hydrogen-bond acceptors (Lipinski definition) is 3. The van der Waals surface area contributed by atoms with Crippen LogP contribution >= 0.6 is 0 Å². The van der Waals surface area contributed by atoms with Gasteiger partial charge in [0.05, 0.1) is 12.1 Å². The van der Waals surface area contributed by atoms with Gasteiger partial charge in [-0.2, -0.15) is 0 Å². The summed E-state index contributed by atoms with van der Waals surface area (Å²) in [6.45, 7) is 6.11. The molecule has 1 aliphatic rings. The molecule has 0 aliphatic heterocycles. The van der Waals surface area contributed by atoms with Crippen LogP contribution < -0.4 is 0 Å². The van der Waals surface area contributed by atoms with Crippen molar-refractivity contribution in [3.05, 3.63) is 12.7 Å². The summed E-state index contributed by atoms with van der Waals surface area (Å²) < 4.78 is 0. The minimum Gasteiger partial charge on any atom is -0.388 e. The van der Waals surface area contributed by atoms with Crippen molar-refractivity contribution in [1.82, 2.24) is 9.80 Å². The number of hydrogen-bond donors (Lipinski definition) is 1. The van der Waals surface area contributed by atoms with Gasteiger partial charge in [-0.1, -0.05) is 32.3 Å². The predicted octanol–water partition coefficient (Wildman–Crippen LogP) is 1.56. The van der Waals surface area contributed by atoms with Crippen molar-refractivity contribution in [3.8, 4) is 0 Å². The van der Waals surface area contributed by atoms with E-state index in [0.717, 1.165) is 38.5 Å². The third kappa shape index (κ3) is 5.50. The van der Waals surface area contributed by atoms with Crippen LogP contribution in [0.4, 0.5) is 0 Å². The van der Waals surface area contributed by atoms with Gasteiger partial charge in [0.25, 0.3) is 0 Å². The first-order valence-corrected chi connectivity index (χ1v) is 7.79. The molecule has 21 heavy (non-hydrogen) atoms. The smallest absolute Gasteiger partial charge is 0.246 e. The highest BCUT2D eigenvalue weighted by Gasteiger charge is 2.31. The zero-order valence-corrected chi connectivity index (χ0v) is 13.3. The van der Waals surface area contributed by atoms with Gasteiger partial charge in [0.1, 0.15) is 0 Å². The van der Waals surface area contributed by atoms with Gasteiger partial charge in [0.15, 0.2) is 0 Å². The van der Waals surface area contributed by atoms with Crippen molar-refractivity contribution in [1.29, 1.82) is 0 Å². The fourth-order valence-corrected chi connectivity index (χ4v) is 2.83. The molecule has 5 nitrogen and oxygen atoms in total. The summed E-state index contributed by atoms with van der Waals surface area (Å²) in [4.78, 5) is 26.8. The minimum atomic E-state index is -0.777. The Balaban J connectivity index is 2.56. The number of rotatable bonds is 6. The van der Waals surface area contributed by atoms with Gasteiger partial charge in [-0.25, -0.2) is 0 Å². The fraction of sp³-hybridized carbons (Fsp3) is 0.750. The van der Waals surface area contributed by atoms with Gasteiger partial charge in [0.2, 0.25) is 11.8 Å². The van der Waals surface area contributed by atoms with E-state index < -0.39 is 5.60 Å². The zero-order valence-electron chi connectivity index (χ0n) is 13.3. The summed E-state index contributed by atoms with van der Waals surface area (Å²) in [7, 11) is 1.69. The van der Waals surface area contributed by atoms with Gasteiger partial charge in [-0.15, -0.1) is 0 Å². The van der Waals surface area contributed by atoms with E-state index in [2.05, 4.69) is 6.58 Å². The van der Waals surface area contributed by atoms with Gasteiger partial charge >= 0.3 is 0 Å². The van der Waals surface area contributed by atoms with E-state index in [9.17, 15) is 14.7 Å². The molecule has 0 unspecified atom stereocenters. The Morgan fingerprint density at radius 1 is 1.24 bits per heavy atom. The Bertz CT molecular complexity index is 374. The van der Waals surface area contributed by atoms with E-state index in [0.29, 0.717) is 13.1 Å². The Morgan fingerprint density at radius 2 is 1.81 bits per heavy atom. The lowest BCUT2D eigenvalue weighted by Gasteiger charge is -2.32. The number of likely N-dealkylation sites (N-methyl/N-ethyl adjacent to an activating group) is 2. The first kappa shape index (κ1) is 17.7. The van der Waals surface area contributed by atoms with Crippen molar-refractivity contribution in [2.45, 2.75) is 51.0 Å². The van der Waals surface area contributed by atoms with Gasteiger partial charge in [-0.05, 0) is 25.8 Å². The molecule has 1 saturated carbocycles. The number of amides is 2. The summed E-state index contributed by atoms with van der Waals surface area (Å²) in [5.41, 5.74) is -0.777. The Hall–Kier alpha value is -1.36. The highest BCUT2D eigenvalue weighted by atomic mass is 16.3. The van der Waals surface area contributed by atoms with Crippen molar-refractivity contribution in [3.63, 3.8) is 0 Å². The van der Waals surface area contributed by atoms with Gasteiger partial charge < -0.3 is 14.9 Å². The van der Waals surface area contributed by atoms with Crippen molar-refractivity contribution in [2.75, 3.05) is 26.7 Å². The van der Waals surface area contributed by atoms with E-state index in [1.807, 2.05) is 6.92 Å². The van der Waals surface area contributed by atoms with E-state index in [1.165, 1.54) is 11.0 Å². The van der Waals surface area contributed by atoms with E-state index in [1.54, 1.807) is 11.9 Å². The molecule has 0 atom stereocenters. The molecule has 0 aromatic rings. The molecule has 0 aromatic heterocycles. The first-order valence-electron chi connectivity index (χ1n) is 7.79. The maximum Gasteiger partial charge on any atom is 0.246 e. The molecule has 0 heterocycles.